The second-order valence-corrected chi connectivity index (χ2v) is 11.6. The molecule has 0 radical (unpaired) electrons. The van der Waals surface area contributed by atoms with Crippen LogP contribution >= 0.6 is 24.4 Å². The summed E-state index contributed by atoms with van der Waals surface area (Å²) >= 11 is 6.20. The quantitative estimate of drug-likeness (QED) is 0.241. The minimum atomic E-state index is -0.672. The molecule has 2 aromatic carbocycles. The maximum atomic E-state index is 13.6. The van der Waals surface area contributed by atoms with Gasteiger partial charge < -0.3 is 20.7 Å². The highest BCUT2D eigenvalue weighted by atomic mass is 32.2. The zero-order valence-electron chi connectivity index (χ0n) is 21.0. The molecule has 0 bridgehead atoms. The van der Waals surface area contributed by atoms with Gasteiger partial charge in [-0.25, -0.2) is 4.79 Å². The Kier molecular flexibility index (Phi) is 9.62. The summed E-state index contributed by atoms with van der Waals surface area (Å²) in [5, 5.41) is 10.3. The molecule has 1 unspecified atom stereocenters. The van der Waals surface area contributed by atoms with Gasteiger partial charge in [0.15, 0.2) is 0 Å². The van der Waals surface area contributed by atoms with Crippen LogP contribution in [0.4, 0.5) is 5.69 Å². The highest BCUT2D eigenvalue weighted by molar-refractivity contribution is 7.98. The second kappa shape index (κ2) is 12.9. The molecule has 8 heteroatoms. The Morgan fingerprint density at radius 2 is 1.97 bits per heavy atom. The Morgan fingerprint density at radius 3 is 2.64 bits per heavy atom. The summed E-state index contributed by atoms with van der Waals surface area (Å²) in [7, 11) is 0. The summed E-state index contributed by atoms with van der Waals surface area (Å²) in [6.07, 6.45) is 4.63. The molecule has 194 valence electrons. The van der Waals surface area contributed by atoms with Gasteiger partial charge in [0.2, 0.25) is 0 Å². The van der Waals surface area contributed by atoms with Crippen molar-refractivity contribution in [2.75, 3.05) is 37.0 Å². The first kappa shape index (κ1) is 26.9. The molecule has 0 aromatic heterocycles. The second-order valence-electron chi connectivity index (χ2n) is 9.91. The van der Waals surface area contributed by atoms with Gasteiger partial charge in [-0.2, -0.15) is 24.4 Å². The van der Waals surface area contributed by atoms with Crippen molar-refractivity contribution in [3.05, 3.63) is 54.1 Å². The Bertz CT molecular complexity index is 1040. The minimum Gasteiger partial charge on any atom is -0.464 e. The number of esters is 1. The maximum Gasteiger partial charge on any atom is 0.328 e. The van der Waals surface area contributed by atoms with E-state index >= 15 is 0 Å². The van der Waals surface area contributed by atoms with Gasteiger partial charge in [-0.3, -0.25) is 4.79 Å². The number of carbonyl (C=O) groups excluding carboxylic acids is 2. The predicted octanol–water partition coefficient (Wildman–Crippen LogP) is 4.48. The highest BCUT2D eigenvalue weighted by Crippen LogP contribution is 2.37. The number of ether oxygens (including phenoxy) is 1. The van der Waals surface area contributed by atoms with Gasteiger partial charge in [-0.05, 0) is 66.4 Å². The molecule has 4 rings (SSSR count). The maximum absolute atomic E-state index is 13.6. The molecule has 3 N–H and O–H groups in total. The highest BCUT2D eigenvalue weighted by Gasteiger charge is 2.34. The molecular formula is C28H37N3O3S2. The number of amides is 1. The molecule has 5 atom stereocenters. The molecule has 2 fully saturated rings. The van der Waals surface area contributed by atoms with Crippen LogP contribution in [0.5, 0.6) is 0 Å². The van der Waals surface area contributed by atoms with Crippen molar-refractivity contribution in [2.24, 2.45) is 11.8 Å². The van der Waals surface area contributed by atoms with Crippen molar-refractivity contribution in [3.63, 3.8) is 0 Å². The Balaban J connectivity index is 1.51. The lowest BCUT2D eigenvalue weighted by Gasteiger charge is -2.20. The monoisotopic (exact) mass is 527 g/mol. The van der Waals surface area contributed by atoms with E-state index in [1.54, 1.807) is 11.8 Å². The van der Waals surface area contributed by atoms with Crippen molar-refractivity contribution in [1.82, 2.24) is 10.6 Å². The van der Waals surface area contributed by atoms with Crippen LogP contribution in [0, 0.1) is 11.8 Å². The lowest BCUT2D eigenvalue weighted by Crippen LogP contribution is -2.42. The third kappa shape index (κ3) is 7.43. The summed E-state index contributed by atoms with van der Waals surface area (Å²) < 4.78 is 5.59. The lowest BCUT2D eigenvalue weighted by molar-refractivity contribution is -0.146. The number of thiol groups is 1. The summed E-state index contributed by atoms with van der Waals surface area (Å²) in [5.74, 6) is 1.20. The third-order valence-electron chi connectivity index (χ3n) is 7.02. The standard InChI is InChI=1S/C28H37N3O3S2/c1-18-12-20(18)17-34-28(33)26(10-11-36-2)31-27(32)25-14-21(29-15-22-13-23(35)16-30-22)8-9-24(25)19-6-4-3-5-7-19/h3-9,14,18,20,22-23,26,29-30,35H,10-13,15-17H2,1-2H3,(H,31,32)/t18?,20-,22+,23+,26+/m1/s1. The van der Waals surface area contributed by atoms with Crippen molar-refractivity contribution >= 4 is 42.0 Å². The average molecular weight is 528 g/mol. The Hall–Kier alpha value is -2.16. The van der Waals surface area contributed by atoms with Crippen molar-refractivity contribution in [2.45, 2.75) is 43.5 Å². The van der Waals surface area contributed by atoms with Crippen LogP contribution < -0.4 is 16.0 Å². The van der Waals surface area contributed by atoms with Gasteiger partial charge in [0.25, 0.3) is 5.91 Å². The summed E-state index contributed by atoms with van der Waals surface area (Å²) in [5.41, 5.74) is 3.19. The van der Waals surface area contributed by atoms with Crippen LogP contribution in [0.1, 0.15) is 36.5 Å². The van der Waals surface area contributed by atoms with Gasteiger partial charge in [-0.15, -0.1) is 0 Å². The number of benzene rings is 2. The van der Waals surface area contributed by atoms with Crippen LogP contribution in [0.25, 0.3) is 11.1 Å². The zero-order valence-corrected chi connectivity index (χ0v) is 22.7. The van der Waals surface area contributed by atoms with E-state index in [-0.39, 0.29) is 11.9 Å². The van der Waals surface area contributed by atoms with Crippen LogP contribution in [0.2, 0.25) is 0 Å². The molecule has 36 heavy (non-hydrogen) atoms. The molecule has 1 aliphatic heterocycles. The number of nitrogens with one attached hydrogen (secondary N) is 3. The molecule has 1 saturated carbocycles. The number of hydrogen-bond donors (Lipinski definition) is 4. The van der Waals surface area contributed by atoms with Crippen molar-refractivity contribution < 1.29 is 14.3 Å². The fourth-order valence-electron chi connectivity index (χ4n) is 4.55. The predicted molar refractivity (Wildman–Crippen MR) is 152 cm³/mol. The molecule has 2 aromatic rings. The van der Waals surface area contributed by atoms with Gasteiger partial charge in [0, 0.05) is 35.6 Å². The van der Waals surface area contributed by atoms with Crippen LogP contribution in [-0.4, -0.2) is 60.9 Å². The Labute approximate surface area is 224 Å². The first-order valence-electron chi connectivity index (χ1n) is 12.8. The SMILES string of the molecule is CSCC[C@H](NC(=O)c1cc(NC[C@@H]2C[C@H](S)CN2)ccc1-c1ccccc1)C(=O)OC[C@H]1CC1C. The number of hydrogen-bond acceptors (Lipinski definition) is 7. The summed E-state index contributed by atoms with van der Waals surface area (Å²) in [4.78, 5) is 26.5. The van der Waals surface area contributed by atoms with Crippen LogP contribution in [0.3, 0.4) is 0 Å². The topological polar surface area (TPSA) is 79.5 Å². The van der Waals surface area contributed by atoms with E-state index in [2.05, 4.69) is 35.5 Å². The summed E-state index contributed by atoms with van der Waals surface area (Å²) in [6.45, 7) is 4.26. The van der Waals surface area contributed by atoms with E-state index in [0.717, 1.165) is 48.5 Å². The lowest BCUT2D eigenvalue weighted by atomic mass is 9.98. The van der Waals surface area contributed by atoms with Crippen molar-refractivity contribution in [1.29, 1.82) is 0 Å². The zero-order chi connectivity index (χ0) is 25.5. The molecule has 0 spiro atoms. The van der Waals surface area contributed by atoms with E-state index in [4.69, 9.17) is 4.74 Å². The van der Waals surface area contributed by atoms with Gasteiger partial charge in [-0.1, -0.05) is 43.3 Å². The molecular weight excluding hydrogens is 490 g/mol. The van der Waals surface area contributed by atoms with Gasteiger partial charge in [0.1, 0.15) is 6.04 Å². The Morgan fingerprint density at radius 1 is 1.19 bits per heavy atom. The number of thioether (sulfide) groups is 1. The average Bonchev–Trinajstić information content (AvgIpc) is 3.45. The molecule has 1 amide bonds. The third-order valence-corrected chi connectivity index (χ3v) is 8.05. The molecule has 2 aliphatic rings. The van der Waals surface area contributed by atoms with E-state index in [9.17, 15) is 9.59 Å². The first-order chi connectivity index (χ1) is 17.4. The number of carbonyl (C=O) groups is 2. The summed E-state index contributed by atoms with van der Waals surface area (Å²) in [6, 6.07) is 15.4. The fraction of sp³-hybridized carbons (Fsp3) is 0.500. The first-order valence-corrected chi connectivity index (χ1v) is 14.7. The molecule has 6 nitrogen and oxygen atoms in total. The van der Waals surface area contributed by atoms with E-state index < -0.39 is 6.04 Å². The van der Waals surface area contributed by atoms with Crippen molar-refractivity contribution in [3.8, 4) is 11.1 Å². The van der Waals surface area contributed by atoms with E-state index in [1.807, 2.05) is 54.8 Å². The normalized spacial score (nSPS) is 23.6. The van der Waals surface area contributed by atoms with Crippen LogP contribution in [-0.2, 0) is 9.53 Å². The largest absolute Gasteiger partial charge is 0.464 e. The number of rotatable bonds is 12. The van der Waals surface area contributed by atoms with Crippen LogP contribution in [0.15, 0.2) is 48.5 Å². The molecule has 1 heterocycles. The van der Waals surface area contributed by atoms with Gasteiger partial charge >= 0.3 is 5.97 Å². The van der Waals surface area contributed by atoms with E-state index in [0.29, 0.717) is 41.7 Å². The molecule has 1 saturated heterocycles. The fourth-order valence-corrected chi connectivity index (χ4v) is 5.38. The number of anilines is 1. The smallest absolute Gasteiger partial charge is 0.328 e. The minimum absolute atomic E-state index is 0.269. The van der Waals surface area contributed by atoms with E-state index in [1.165, 1.54) is 0 Å². The van der Waals surface area contributed by atoms with Gasteiger partial charge in [0.05, 0.1) is 6.61 Å². The molecule has 1 aliphatic carbocycles.